The number of urea groups is 1. The number of hydrogen-bond donors (Lipinski definition) is 4. The van der Waals surface area contributed by atoms with Crippen LogP contribution in [-0.4, -0.2) is 34.4 Å². The monoisotopic (exact) mass is 341 g/mol. The van der Waals surface area contributed by atoms with Gasteiger partial charge in [0.05, 0.1) is 23.9 Å². The molecule has 106 valence electrons. The molecule has 0 aliphatic heterocycles. The van der Waals surface area contributed by atoms with Crippen molar-refractivity contribution in [1.29, 1.82) is 5.26 Å². The van der Waals surface area contributed by atoms with Gasteiger partial charge >= 0.3 is 12.0 Å². The third kappa shape index (κ3) is 4.22. The average molecular weight is 342 g/mol. The van der Waals surface area contributed by atoms with Crippen molar-refractivity contribution < 1.29 is 19.8 Å². The predicted octanol–water partition coefficient (Wildman–Crippen LogP) is 1.28. The number of carboxylic acid groups (broad SMARTS) is 1. The number of aliphatic hydroxyl groups is 1. The Morgan fingerprint density at radius 1 is 1.50 bits per heavy atom. The number of benzene rings is 1. The summed E-state index contributed by atoms with van der Waals surface area (Å²) in [6.45, 7) is 0.634. The van der Waals surface area contributed by atoms with Gasteiger partial charge in [-0.05, 0) is 41.1 Å². The Bertz CT molecular complexity index is 581. The van der Waals surface area contributed by atoms with Gasteiger partial charge in [-0.1, -0.05) is 0 Å². The molecule has 0 aromatic heterocycles. The second-order valence-corrected chi connectivity index (χ2v) is 5.05. The molecule has 0 heterocycles. The molecule has 0 bridgehead atoms. The first kappa shape index (κ1) is 15.9. The summed E-state index contributed by atoms with van der Waals surface area (Å²) in [5.74, 6) is -1.43. The third-order valence-electron chi connectivity index (χ3n) is 2.40. The molecule has 7 nitrogen and oxygen atoms in total. The summed E-state index contributed by atoms with van der Waals surface area (Å²) in [5, 5.41) is 31.5. The first-order valence-electron chi connectivity index (χ1n) is 5.46. The molecule has 0 radical (unpaired) electrons. The van der Waals surface area contributed by atoms with Crippen LogP contribution in [0.2, 0.25) is 0 Å². The average Bonchev–Trinajstić information content (AvgIpc) is 2.38. The number of carboxylic acids is 1. The normalized spacial score (nSPS) is 12.9. The van der Waals surface area contributed by atoms with Crippen LogP contribution in [0.3, 0.4) is 0 Å². The van der Waals surface area contributed by atoms with Crippen LogP contribution in [0.5, 0.6) is 0 Å². The molecule has 0 saturated carbocycles. The van der Waals surface area contributed by atoms with Crippen molar-refractivity contribution in [2.75, 3.05) is 11.9 Å². The molecule has 20 heavy (non-hydrogen) atoms. The summed E-state index contributed by atoms with van der Waals surface area (Å²) in [7, 11) is 0. The van der Waals surface area contributed by atoms with E-state index < -0.39 is 24.1 Å². The Balaban J connectivity index is 2.64. The number of anilines is 1. The first-order chi connectivity index (χ1) is 9.26. The number of amides is 2. The van der Waals surface area contributed by atoms with Crippen molar-refractivity contribution in [2.24, 2.45) is 0 Å². The van der Waals surface area contributed by atoms with E-state index in [0.717, 1.165) is 6.92 Å². The van der Waals surface area contributed by atoms with E-state index in [-0.39, 0.29) is 0 Å². The topological polar surface area (TPSA) is 122 Å². The van der Waals surface area contributed by atoms with Gasteiger partial charge in [-0.2, -0.15) is 5.26 Å². The van der Waals surface area contributed by atoms with E-state index in [4.69, 9.17) is 10.4 Å². The van der Waals surface area contributed by atoms with Crippen LogP contribution in [0.15, 0.2) is 22.7 Å². The summed E-state index contributed by atoms with van der Waals surface area (Å²) in [6, 6.07) is 5.86. The van der Waals surface area contributed by atoms with Crippen molar-refractivity contribution in [3.63, 3.8) is 0 Å². The number of hydrogen-bond acceptors (Lipinski definition) is 4. The van der Waals surface area contributed by atoms with Gasteiger partial charge in [0.2, 0.25) is 0 Å². The predicted molar refractivity (Wildman–Crippen MR) is 74.1 cm³/mol. The second-order valence-electron chi connectivity index (χ2n) is 4.19. The highest BCUT2D eigenvalue weighted by Gasteiger charge is 2.30. The number of nitriles is 1. The third-order valence-corrected chi connectivity index (χ3v) is 3.06. The van der Waals surface area contributed by atoms with Crippen LogP contribution in [0, 0.1) is 11.3 Å². The minimum atomic E-state index is -2.04. The fourth-order valence-corrected chi connectivity index (χ4v) is 1.66. The quantitative estimate of drug-likeness (QED) is 0.656. The molecule has 1 aromatic carbocycles. The Hall–Kier alpha value is -2.11. The molecule has 1 aromatic rings. The Kier molecular flexibility index (Phi) is 5.07. The van der Waals surface area contributed by atoms with E-state index >= 15 is 0 Å². The van der Waals surface area contributed by atoms with Crippen LogP contribution in [-0.2, 0) is 4.79 Å². The summed E-state index contributed by atoms with van der Waals surface area (Å²) in [4.78, 5) is 22.2. The molecule has 4 N–H and O–H groups in total. The second kappa shape index (κ2) is 6.36. The maximum absolute atomic E-state index is 11.6. The van der Waals surface area contributed by atoms with Crippen LogP contribution in [0.1, 0.15) is 12.5 Å². The molecular weight excluding hydrogens is 330 g/mol. The summed E-state index contributed by atoms with van der Waals surface area (Å²) >= 11 is 3.19. The number of carbonyl (C=O) groups is 2. The van der Waals surface area contributed by atoms with Gasteiger partial charge in [0, 0.05) is 4.47 Å². The number of carbonyl (C=O) groups excluding carboxylic acids is 1. The van der Waals surface area contributed by atoms with Crippen molar-refractivity contribution in [2.45, 2.75) is 12.5 Å². The van der Waals surface area contributed by atoms with E-state index in [1.165, 1.54) is 18.2 Å². The number of nitrogens with one attached hydrogen (secondary N) is 2. The van der Waals surface area contributed by atoms with Crippen molar-refractivity contribution in [1.82, 2.24) is 5.32 Å². The number of nitrogens with zero attached hydrogens (tertiary/aromatic N) is 1. The fraction of sp³-hybridized carbons (Fsp3) is 0.250. The maximum atomic E-state index is 11.6. The maximum Gasteiger partial charge on any atom is 0.337 e. The molecule has 0 saturated heterocycles. The van der Waals surface area contributed by atoms with E-state index in [0.29, 0.717) is 15.7 Å². The van der Waals surface area contributed by atoms with Gasteiger partial charge in [-0.3, -0.25) is 0 Å². The Morgan fingerprint density at radius 3 is 2.65 bits per heavy atom. The number of rotatable bonds is 4. The van der Waals surface area contributed by atoms with E-state index in [1.54, 1.807) is 0 Å². The summed E-state index contributed by atoms with van der Waals surface area (Å²) in [6.07, 6.45) is 0. The molecule has 1 unspecified atom stereocenters. The number of aliphatic carboxylic acids is 1. The number of halogens is 1. The minimum Gasteiger partial charge on any atom is -0.479 e. The smallest absolute Gasteiger partial charge is 0.337 e. The molecule has 1 rings (SSSR count). The van der Waals surface area contributed by atoms with Gasteiger partial charge in [-0.25, -0.2) is 9.59 Å². The van der Waals surface area contributed by atoms with E-state index in [2.05, 4.69) is 26.6 Å². The molecule has 1 atom stereocenters. The van der Waals surface area contributed by atoms with Gasteiger partial charge in [0.25, 0.3) is 0 Å². The van der Waals surface area contributed by atoms with E-state index in [1.807, 2.05) is 6.07 Å². The first-order valence-corrected chi connectivity index (χ1v) is 6.26. The van der Waals surface area contributed by atoms with E-state index in [9.17, 15) is 14.7 Å². The lowest BCUT2D eigenvalue weighted by Crippen LogP contribution is -2.47. The molecule has 0 fully saturated rings. The molecule has 2 amide bonds. The van der Waals surface area contributed by atoms with Crippen molar-refractivity contribution in [3.05, 3.63) is 28.2 Å². The Morgan fingerprint density at radius 2 is 2.15 bits per heavy atom. The van der Waals surface area contributed by atoms with Crippen LogP contribution in [0.4, 0.5) is 10.5 Å². The summed E-state index contributed by atoms with van der Waals surface area (Å²) < 4.78 is 0.511. The lowest BCUT2D eigenvalue weighted by molar-refractivity contribution is -0.155. The molecule has 8 heteroatoms. The SMILES string of the molecule is CC(O)(CNC(=O)Nc1ccc(C#N)cc1Br)C(=O)O. The zero-order valence-corrected chi connectivity index (χ0v) is 12.1. The van der Waals surface area contributed by atoms with Crippen LogP contribution >= 0.6 is 15.9 Å². The summed E-state index contributed by atoms with van der Waals surface area (Å²) in [5.41, 5.74) is -1.20. The molecule has 0 spiro atoms. The molecule has 0 aliphatic rings. The molecular formula is C12H12BrN3O4. The minimum absolute atomic E-state index is 0.413. The standard InChI is InChI=1S/C12H12BrN3O4/c1-12(20,10(17)18)6-15-11(19)16-9-3-2-7(5-14)4-8(9)13/h2-4,20H,6H2,1H3,(H,17,18)(H2,15,16,19). The highest BCUT2D eigenvalue weighted by molar-refractivity contribution is 9.10. The lowest BCUT2D eigenvalue weighted by Gasteiger charge is -2.18. The van der Waals surface area contributed by atoms with Gasteiger partial charge in [0.15, 0.2) is 5.60 Å². The Labute approximate surface area is 123 Å². The van der Waals surface area contributed by atoms with Crippen molar-refractivity contribution >= 4 is 33.6 Å². The van der Waals surface area contributed by atoms with Gasteiger partial charge in [-0.15, -0.1) is 0 Å². The highest BCUT2D eigenvalue weighted by Crippen LogP contribution is 2.23. The fourth-order valence-electron chi connectivity index (χ4n) is 1.18. The lowest BCUT2D eigenvalue weighted by atomic mass is 10.1. The highest BCUT2D eigenvalue weighted by atomic mass is 79.9. The van der Waals surface area contributed by atoms with Gasteiger partial charge < -0.3 is 20.8 Å². The van der Waals surface area contributed by atoms with Gasteiger partial charge in [0.1, 0.15) is 0 Å². The largest absolute Gasteiger partial charge is 0.479 e. The zero-order valence-electron chi connectivity index (χ0n) is 10.5. The molecule has 0 aliphatic carbocycles. The van der Waals surface area contributed by atoms with Crippen molar-refractivity contribution in [3.8, 4) is 6.07 Å². The zero-order chi connectivity index (χ0) is 15.3. The van der Waals surface area contributed by atoms with Crippen LogP contribution in [0.25, 0.3) is 0 Å². The van der Waals surface area contributed by atoms with Crippen LogP contribution < -0.4 is 10.6 Å².